The van der Waals surface area contributed by atoms with Crippen LogP contribution in [0.1, 0.15) is 39.2 Å². The third-order valence-electron chi connectivity index (χ3n) is 3.44. The summed E-state index contributed by atoms with van der Waals surface area (Å²) in [7, 11) is 0. The fourth-order valence-corrected chi connectivity index (χ4v) is 2.36. The van der Waals surface area contributed by atoms with Gasteiger partial charge in [0.25, 0.3) is 5.60 Å². The van der Waals surface area contributed by atoms with Crippen LogP contribution in [0.5, 0.6) is 0 Å². The molecule has 5 heteroatoms. The molecule has 0 aliphatic carbocycles. The lowest BCUT2D eigenvalue weighted by molar-refractivity contribution is -0.193. The molecule has 5 nitrogen and oxygen atoms in total. The summed E-state index contributed by atoms with van der Waals surface area (Å²) >= 11 is 0. The van der Waals surface area contributed by atoms with Gasteiger partial charge in [0.05, 0.1) is 13.2 Å². The standard InChI is InChI=1S/C17H24O5/c1-5-20-15(18)17(22-7-3,16(19)21-6-2)13(4)14-11-9-8-10-12-14/h8-13H,5-7H2,1-4H3/t13-/m0/s1. The van der Waals surface area contributed by atoms with Crippen LogP contribution in [-0.4, -0.2) is 37.4 Å². The molecule has 0 unspecified atom stereocenters. The van der Waals surface area contributed by atoms with Crippen molar-refractivity contribution in [2.45, 2.75) is 39.2 Å². The maximum Gasteiger partial charge on any atom is 0.350 e. The van der Waals surface area contributed by atoms with E-state index in [4.69, 9.17) is 14.2 Å². The van der Waals surface area contributed by atoms with Crippen LogP contribution in [0.3, 0.4) is 0 Å². The molecule has 0 N–H and O–H groups in total. The average Bonchev–Trinajstić information content (AvgIpc) is 2.53. The summed E-state index contributed by atoms with van der Waals surface area (Å²) in [6.07, 6.45) is 0. The maximum absolute atomic E-state index is 12.5. The summed E-state index contributed by atoms with van der Waals surface area (Å²) in [6.45, 7) is 7.38. The van der Waals surface area contributed by atoms with E-state index < -0.39 is 23.5 Å². The number of carbonyl (C=O) groups is 2. The first-order valence-electron chi connectivity index (χ1n) is 7.57. The van der Waals surface area contributed by atoms with Gasteiger partial charge in [0, 0.05) is 12.5 Å². The Morgan fingerprint density at radius 3 is 1.86 bits per heavy atom. The predicted octanol–water partition coefficient (Wildman–Crippen LogP) is 2.69. The molecule has 0 saturated carbocycles. The van der Waals surface area contributed by atoms with Gasteiger partial charge in [-0.2, -0.15) is 0 Å². The van der Waals surface area contributed by atoms with Gasteiger partial charge in [-0.1, -0.05) is 37.3 Å². The molecule has 0 radical (unpaired) electrons. The summed E-state index contributed by atoms with van der Waals surface area (Å²) in [5, 5.41) is 0. The van der Waals surface area contributed by atoms with Crippen molar-refractivity contribution in [1.82, 2.24) is 0 Å². The average molecular weight is 308 g/mol. The fourth-order valence-electron chi connectivity index (χ4n) is 2.36. The third kappa shape index (κ3) is 3.65. The van der Waals surface area contributed by atoms with Crippen LogP contribution in [-0.2, 0) is 23.8 Å². The van der Waals surface area contributed by atoms with Crippen molar-refractivity contribution in [2.24, 2.45) is 0 Å². The molecule has 0 spiro atoms. The highest BCUT2D eigenvalue weighted by Gasteiger charge is 2.55. The number of carbonyl (C=O) groups excluding carboxylic acids is 2. The van der Waals surface area contributed by atoms with Crippen LogP contribution in [0.4, 0.5) is 0 Å². The molecule has 122 valence electrons. The number of ether oxygens (including phenoxy) is 3. The van der Waals surface area contributed by atoms with Gasteiger partial charge in [-0.15, -0.1) is 0 Å². The molecule has 1 aromatic carbocycles. The molecule has 22 heavy (non-hydrogen) atoms. The van der Waals surface area contributed by atoms with E-state index in [9.17, 15) is 9.59 Å². The first-order chi connectivity index (χ1) is 10.5. The topological polar surface area (TPSA) is 61.8 Å². The summed E-state index contributed by atoms with van der Waals surface area (Å²) < 4.78 is 15.8. The van der Waals surface area contributed by atoms with E-state index >= 15 is 0 Å². The van der Waals surface area contributed by atoms with E-state index in [1.54, 1.807) is 27.7 Å². The van der Waals surface area contributed by atoms with E-state index in [1.165, 1.54) is 0 Å². The fraction of sp³-hybridized carbons (Fsp3) is 0.529. The summed E-state index contributed by atoms with van der Waals surface area (Å²) in [5.41, 5.74) is -0.987. The van der Waals surface area contributed by atoms with Gasteiger partial charge in [-0.05, 0) is 26.3 Å². The van der Waals surface area contributed by atoms with E-state index in [1.807, 2.05) is 30.3 Å². The Hall–Kier alpha value is -1.88. The first-order valence-corrected chi connectivity index (χ1v) is 7.57. The van der Waals surface area contributed by atoms with Gasteiger partial charge in [-0.3, -0.25) is 0 Å². The Labute approximate surface area is 131 Å². The van der Waals surface area contributed by atoms with Gasteiger partial charge in [0.1, 0.15) is 0 Å². The molecule has 0 fully saturated rings. The Morgan fingerprint density at radius 2 is 1.45 bits per heavy atom. The molecule has 0 bridgehead atoms. The molecule has 1 atom stereocenters. The van der Waals surface area contributed by atoms with Crippen LogP contribution in [0, 0.1) is 0 Å². The van der Waals surface area contributed by atoms with Gasteiger partial charge >= 0.3 is 11.9 Å². The number of benzene rings is 1. The lowest BCUT2D eigenvalue weighted by Crippen LogP contribution is -2.55. The Morgan fingerprint density at radius 1 is 0.955 bits per heavy atom. The van der Waals surface area contributed by atoms with Gasteiger partial charge < -0.3 is 14.2 Å². The summed E-state index contributed by atoms with van der Waals surface area (Å²) in [6, 6.07) is 9.25. The lowest BCUT2D eigenvalue weighted by Gasteiger charge is -2.34. The molecule has 0 aliphatic rings. The largest absolute Gasteiger partial charge is 0.463 e. The second-order valence-electron chi connectivity index (χ2n) is 4.74. The van der Waals surface area contributed by atoms with Crippen LogP contribution in [0.25, 0.3) is 0 Å². The van der Waals surface area contributed by atoms with Crippen molar-refractivity contribution in [3.63, 3.8) is 0 Å². The Balaban J connectivity index is 3.33. The van der Waals surface area contributed by atoms with Crippen LogP contribution in [0.15, 0.2) is 30.3 Å². The first kappa shape index (κ1) is 18.2. The lowest BCUT2D eigenvalue weighted by atomic mass is 9.83. The van der Waals surface area contributed by atoms with E-state index in [-0.39, 0.29) is 19.8 Å². The highest BCUT2D eigenvalue weighted by molar-refractivity contribution is 6.05. The van der Waals surface area contributed by atoms with Crippen molar-refractivity contribution >= 4 is 11.9 Å². The highest BCUT2D eigenvalue weighted by atomic mass is 16.6. The van der Waals surface area contributed by atoms with E-state index in [0.717, 1.165) is 5.56 Å². The molecule has 0 aromatic heterocycles. The monoisotopic (exact) mass is 308 g/mol. The van der Waals surface area contributed by atoms with Gasteiger partial charge in [-0.25, -0.2) is 9.59 Å². The van der Waals surface area contributed by atoms with Crippen LogP contribution >= 0.6 is 0 Å². The van der Waals surface area contributed by atoms with Crippen LogP contribution in [0.2, 0.25) is 0 Å². The maximum atomic E-state index is 12.5. The minimum absolute atomic E-state index is 0.161. The minimum atomic E-state index is -1.79. The zero-order valence-electron chi connectivity index (χ0n) is 13.6. The van der Waals surface area contributed by atoms with E-state index in [2.05, 4.69) is 0 Å². The second-order valence-corrected chi connectivity index (χ2v) is 4.74. The zero-order chi connectivity index (χ0) is 16.6. The van der Waals surface area contributed by atoms with Crippen molar-refractivity contribution < 1.29 is 23.8 Å². The van der Waals surface area contributed by atoms with Gasteiger partial charge in [0.2, 0.25) is 0 Å². The quantitative estimate of drug-likeness (QED) is 0.546. The highest BCUT2D eigenvalue weighted by Crippen LogP contribution is 2.34. The number of esters is 2. The van der Waals surface area contributed by atoms with Crippen molar-refractivity contribution in [2.75, 3.05) is 19.8 Å². The Kier molecular flexibility index (Phi) is 7.05. The molecular formula is C17H24O5. The number of hydrogen-bond acceptors (Lipinski definition) is 5. The minimum Gasteiger partial charge on any atom is -0.463 e. The second kappa shape index (κ2) is 8.54. The normalized spacial score (nSPS) is 12.5. The molecule has 0 amide bonds. The number of hydrogen-bond donors (Lipinski definition) is 0. The molecule has 0 heterocycles. The van der Waals surface area contributed by atoms with Crippen molar-refractivity contribution in [3.05, 3.63) is 35.9 Å². The predicted molar refractivity (Wildman–Crippen MR) is 82.5 cm³/mol. The summed E-state index contributed by atoms with van der Waals surface area (Å²) in [5.74, 6) is -1.97. The number of rotatable bonds is 8. The van der Waals surface area contributed by atoms with Crippen molar-refractivity contribution in [3.8, 4) is 0 Å². The van der Waals surface area contributed by atoms with Crippen LogP contribution < -0.4 is 0 Å². The van der Waals surface area contributed by atoms with Crippen molar-refractivity contribution in [1.29, 1.82) is 0 Å². The SMILES string of the molecule is CCOC(=O)C(OCC)(C(=O)OCC)[C@@H](C)c1ccccc1. The third-order valence-corrected chi connectivity index (χ3v) is 3.44. The summed E-state index contributed by atoms with van der Waals surface area (Å²) in [4.78, 5) is 25.1. The molecule has 1 aromatic rings. The Bertz CT molecular complexity index is 465. The molecular weight excluding hydrogens is 284 g/mol. The van der Waals surface area contributed by atoms with Gasteiger partial charge in [0.15, 0.2) is 0 Å². The smallest absolute Gasteiger partial charge is 0.350 e. The molecule has 0 saturated heterocycles. The molecule has 0 aliphatic heterocycles. The zero-order valence-corrected chi connectivity index (χ0v) is 13.6. The van der Waals surface area contributed by atoms with E-state index in [0.29, 0.717) is 0 Å². The molecule has 1 rings (SSSR count).